The molecule has 3 aromatic rings. The molecule has 4 rings (SSSR count). The summed E-state index contributed by atoms with van der Waals surface area (Å²) in [5.74, 6) is 1.14. The smallest absolute Gasteiger partial charge is 0.290 e. The number of hydrogen-bond acceptors (Lipinski definition) is 5. The highest BCUT2D eigenvalue weighted by Crippen LogP contribution is 2.39. The maximum absolute atomic E-state index is 13.7. The lowest BCUT2D eigenvalue weighted by Gasteiger charge is -2.25. The summed E-state index contributed by atoms with van der Waals surface area (Å²) in [4.78, 5) is 28.9. The van der Waals surface area contributed by atoms with E-state index < -0.39 is 6.04 Å². The summed E-state index contributed by atoms with van der Waals surface area (Å²) in [6.07, 6.45) is 1.61. The molecule has 0 fully saturated rings. The van der Waals surface area contributed by atoms with Gasteiger partial charge in [0.2, 0.25) is 5.76 Å². The second kappa shape index (κ2) is 10.0. The Labute approximate surface area is 200 Å². The molecular formula is C28H33NO5. The molecule has 6 nitrogen and oxygen atoms in total. The number of aryl methyl sites for hydroxylation is 2. The van der Waals surface area contributed by atoms with Gasteiger partial charge in [0.05, 0.1) is 23.6 Å². The summed E-state index contributed by atoms with van der Waals surface area (Å²) in [5.41, 5.74) is 3.56. The SMILES string of the molecule is COCCCN1C(=O)c2oc3cc(C)c(C)cc3c(=O)c2C1c1cccc(OCCC(C)C)c1. The first-order valence-corrected chi connectivity index (χ1v) is 11.9. The van der Waals surface area contributed by atoms with Gasteiger partial charge >= 0.3 is 0 Å². The number of hydrogen-bond donors (Lipinski definition) is 0. The van der Waals surface area contributed by atoms with Gasteiger partial charge in [-0.3, -0.25) is 9.59 Å². The van der Waals surface area contributed by atoms with Crippen LogP contribution in [0.15, 0.2) is 45.6 Å². The number of benzene rings is 2. The first-order chi connectivity index (χ1) is 16.3. The van der Waals surface area contributed by atoms with E-state index in [2.05, 4.69) is 13.8 Å². The maximum atomic E-state index is 13.7. The van der Waals surface area contributed by atoms with Gasteiger partial charge in [-0.2, -0.15) is 0 Å². The van der Waals surface area contributed by atoms with Crippen LogP contribution < -0.4 is 10.2 Å². The molecule has 1 aliphatic heterocycles. The largest absolute Gasteiger partial charge is 0.494 e. The lowest BCUT2D eigenvalue weighted by molar-refractivity contribution is 0.0707. The van der Waals surface area contributed by atoms with Crippen LogP contribution >= 0.6 is 0 Å². The molecule has 1 aromatic heterocycles. The van der Waals surface area contributed by atoms with E-state index in [0.29, 0.717) is 48.6 Å². The van der Waals surface area contributed by atoms with E-state index in [-0.39, 0.29) is 17.1 Å². The van der Waals surface area contributed by atoms with E-state index >= 15 is 0 Å². The Balaban J connectivity index is 1.81. The molecule has 0 bridgehead atoms. The van der Waals surface area contributed by atoms with Gasteiger partial charge in [0.1, 0.15) is 11.3 Å². The number of fused-ring (bicyclic) bond motifs is 2. The number of carbonyl (C=O) groups is 1. The molecule has 6 heteroatoms. The van der Waals surface area contributed by atoms with Gasteiger partial charge in [-0.1, -0.05) is 26.0 Å². The van der Waals surface area contributed by atoms with Crippen molar-refractivity contribution >= 4 is 16.9 Å². The minimum atomic E-state index is -0.532. The second-order valence-corrected chi connectivity index (χ2v) is 9.46. The Kier molecular flexibility index (Phi) is 7.08. The summed E-state index contributed by atoms with van der Waals surface area (Å²) >= 11 is 0. The third-order valence-corrected chi connectivity index (χ3v) is 6.47. The van der Waals surface area contributed by atoms with Crippen LogP contribution in [-0.4, -0.2) is 37.7 Å². The molecule has 0 aliphatic carbocycles. The van der Waals surface area contributed by atoms with Gasteiger partial charge in [0.15, 0.2) is 5.43 Å². The van der Waals surface area contributed by atoms with Crippen LogP contribution in [-0.2, 0) is 4.74 Å². The Hall–Kier alpha value is -3.12. The Morgan fingerprint density at radius 3 is 2.56 bits per heavy atom. The van der Waals surface area contributed by atoms with Gasteiger partial charge in [-0.15, -0.1) is 0 Å². The number of nitrogens with zero attached hydrogens (tertiary/aromatic N) is 1. The molecule has 1 amide bonds. The molecule has 1 unspecified atom stereocenters. The van der Waals surface area contributed by atoms with Gasteiger partial charge in [0.25, 0.3) is 5.91 Å². The third kappa shape index (κ3) is 4.60. The molecular weight excluding hydrogens is 430 g/mol. The van der Waals surface area contributed by atoms with E-state index in [9.17, 15) is 9.59 Å². The van der Waals surface area contributed by atoms with Gasteiger partial charge in [-0.25, -0.2) is 0 Å². The van der Waals surface area contributed by atoms with Gasteiger partial charge < -0.3 is 18.8 Å². The first kappa shape index (κ1) is 24.0. The molecule has 180 valence electrons. The molecule has 2 heterocycles. The van der Waals surface area contributed by atoms with E-state index in [1.807, 2.05) is 50.2 Å². The molecule has 0 N–H and O–H groups in total. The third-order valence-electron chi connectivity index (χ3n) is 6.47. The van der Waals surface area contributed by atoms with Crippen molar-refractivity contribution < 1.29 is 18.7 Å². The van der Waals surface area contributed by atoms with Crippen LogP contribution in [0.3, 0.4) is 0 Å². The topological polar surface area (TPSA) is 69.0 Å². The fourth-order valence-corrected chi connectivity index (χ4v) is 4.42. The van der Waals surface area contributed by atoms with E-state index in [0.717, 1.165) is 28.9 Å². The first-order valence-electron chi connectivity index (χ1n) is 11.9. The van der Waals surface area contributed by atoms with Gasteiger partial charge in [0, 0.05) is 20.3 Å². The zero-order valence-corrected chi connectivity index (χ0v) is 20.6. The van der Waals surface area contributed by atoms with Crippen LogP contribution in [0.1, 0.15) is 65.5 Å². The standard InChI is InChI=1S/C28H33NO5/c1-17(2)10-13-33-21-9-6-8-20(16-21)25-24-26(30)22-14-18(3)19(4)15-23(22)34-27(24)28(31)29(25)11-7-12-32-5/h6,8-9,14-17,25H,7,10-13H2,1-5H3. The van der Waals surface area contributed by atoms with Crippen molar-refractivity contribution in [3.05, 3.63) is 74.6 Å². The number of rotatable bonds is 9. The summed E-state index contributed by atoms with van der Waals surface area (Å²) in [5, 5.41) is 0.503. The number of carbonyl (C=O) groups excluding carboxylic acids is 1. The molecule has 0 spiro atoms. The van der Waals surface area contributed by atoms with E-state index in [1.165, 1.54) is 0 Å². The van der Waals surface area contributed by atoms with Crippen LogP contribution in [0.4, 0.5) is 0 Å². The monoisotopic (exact) mass is 463 g/mol. The maximum Gasteiger partial charge on any atom is 0.290 e. The Bertz CT molecular complexity index is 1260. The quantitative estimate of drug-likeness (QED) is 0.397. The number of methoxy groups -OCH3 is 1. The predicted molar refractivity (Wildman–Crippen MR) is 133 cm³/mol. The normalized spacial score (nSPS) is 15.4. The molecule has 2 aromatic carbocycles. The lowest BCUT2D eigenvalue weighted by Crippen LogP contribution is -2.31. The van der Waals surface area contributed by atoms with E-state index in [4.69, 9.17) is 13.9 Å². The zero-order valence-electron chi connectivity index (χ0n) is 20.6. The molecule has 1 atom stereocenters. The molecule has 0 saturated carbocycles. The van der Waals surface area contributed by atoms with Crippen LogP contribution in [0.5, 0.6) is 5.75 Å². The van der Waals surface area contributed by atoms with Crippen LogP contribution in [0.2, 0.25) is 0 Å². The van der Waals surface area contributed by atoms with Gasteiger partial charge in [-0.05, 0) is 73.6 Å². The van der Waals surface area contributed by atoms with Crippen LogP contribution in [0.25, 0.3) is 11.0 Å². The highest BCUT2D eigenvalue weighted by molar-refractivity contribution is 5.99. The minimum absolute atomic E-state index is 0.134. The average molecular weight is 464 g/mol. The lowest BCUT2D eigenvalue weighted by atomic mass is 9.97. The fraction of sp³-hybridized carbons (Fsp3) is 0.429. The predicted octanol–water partition coefficient (Wildman–Crippen LogP) is 5.42. The summed E-state index contributed by atoms with van der Waals surface area (Å²) in [6.45, 7) is 9.84. The average Bonchev–Trinajstić information content (AvgIpc) is 3.07. The van der Waals surface area contributed by atoms with Crippen molar-refractivity contribution in [2.75, 3.05) is 26.9 Å². The summed E-state index contributed by atoms with van der Waals surface area (Å²) in [6, 6.07) is 10.9. The zero-order chi connectivity index (χ0) is 24.4. The van der Waals surface area contributed by atoms with Crippen molar-refractivity contribution in [1.29, 1.82) is 0 Å². The van der Waals surface area contributed by atoms with Crippen molar-refractivity contribution in [3.63, 3.8) is 0 Å². The molecule has 0 saturated heterocycles. The minimum Gasteiger partial charge on any atom is -0.494 e. The second-order valence-electron chi connectivity index (χ2n) is 9.46. The van der Waals surface area contributed by atoms with Crippen molar-refractivity contribution in [1.82, 2.24) is 4.90 Å². The molecule has 0 radical (unpaired) electrons. The highest BCUT2D eigenvalue weighted by Gasteiger charge is 2.42. The van der Waals surface area contributed by atoms with Crippen molar-refractivity contribution in [2.24, 2.45) is 5.92 Å². The molecule has 34 heavy (non-hydrogen) atoms. The number of amides is 1. The summed E-state index contributed by atoms with van der Waals surface area (Å²) < 4.78 is 17.3. The van der Waals surface area contributed by atoms with Crippen molar-refractivity contribution in [3.8, 4) is 5.75 Å². The summed E-state index contributed by atoms with van der Waals surface area (Å²) in [7, 11) is 1.64. The Morgan fingerprint density at radius 2 is 1.82 bits per heavy atom. The molecule has 1 aliphatic rings. The number of ether oxygens (including phenoxy) is 2. The van der Waals surface area contributed by atoms with Crippen molar-refractivity contribution in [2.45, 2.75) is 46.6 Å². The van der Waals surface area contributed by atoms with Crippen LogP contribution in [0, 0.1) is 19.8 Å². The Morgan fingerprint density at radius 1 is 1.06 bits per heavy atom. The van der Waals surface area contributed by atoms with E-state index in [1.54, 1.807) is 12.0 Å². The fourth-order valence-electron chi connectivity index (χ4n) is 4.42. The highest BCUT2D eigenvalue weighted by atomic mass is 16.5.